The Labute approximate surface area is 103 Å². The molecule has 1 aliphatic rings. The van der Waals surface area contributed by atoms with Gasteiger partial charge in [-0.15, -0.1) is 0 Å². The first-order valence-electron chi connectivity index (χ1n) is 5.93. The highest BCUT2D eigenvalue weighted by Crippen LogP contribution is 2.33. The number of benzene rings is 1. The Morgan fingerprint density at radius 1 is 1.28 bits per heavy atom. The Morgan fingerprint density at radius 3 is 2.39 bits per heavy atom. The van der Waals surface area contributed by atoms with Crippen LogP contribution in [-0.2, 0) is 11.0 Å². The molecule has 1 aromatic rings. The lowest BCUT2D eigenvalue weighted by Gasteiger charge is -2.24. The second kappa shape index (κ2) is 4.63. The quantitative estimate of drug-likeness (QED) is 0.792. The first-order chi connectivity index (χ1) is 8.43. The summed E-state index contributed by atoms with van der Waals surface area (Å²) in [6, 6.07) is 4.89. The van der Waals surface area contributed by atoms with E-state index < -0.39 is 11.7 Å². The number of rotatable bonds is 2. The molecule has 1 aliphatic heterocycles. The molecule has 1 saturated heterocycles. The molecule has 0 aromatic heterocycles. The first kappa shape index (κ1) is 12.9. The molecule has 1 fully saturated rings. The van der Waals surface area contributed by atoms with Gasteiger partial charge >= 0.3 is 6.18 Å². The number of amides is 1. The van der Waals surface area contributed by atoms with Gasteiger partial charge < -0.3 is 4.90 Å². The van der Waals surface area contributed by atoms with E-state index >= 15 is 0 Å². The molecule has 1 aromatic carbocycles. The summed E-state index contributed by atoms with van der Waals surface area (Å²) >= 11 is 0. The highest BCUT2D eigenvalue weighted by atomic mass is 19.4. The number of hydrogen-bond acceptors (Lipinski definition) is 1. The van der Waals surface area contributed by atoms with Gasteiger partial charge in [0.1, 0.15) is 0 Å². The minimum Gasteiger partial charge on any atom is -0.309 e. The molecule has 2 nitrogen and oxygen atoms in total. The van der Waals surface area contributed by atoms with Crippen LogP contribution in [0.4, 0.5) is 18.9 Å². The summed E-state index contributed by atoms with van der Waals surface area (Å²) in [5.74, 6) is -0.0124. The van der Waals surface area contributed by atoms with Crippen molar-refractivity contribution < 1.29 is 18.0 Å². The summed E-state index contributed by atoms with van der Waals surface area (Å²) in [7, 11) is 0. The van der Waals surface area contributed by atoms with Crippen molar-refractivity contribution in [1.82, 2.24) is 0 Å². The van der Waals surface area contributed by atoms with Crippen LogP contribution in [0.15, 0.2) is 24.3 Å². The highest BCUT2D eigenvalue weighted by Gasteiger charge is 2.33. The summed E-state index contributed by atoms with van der Waals surface area (Å²) in [4.78, 5) is 13.3. The summed E-state index contributed by atoms with van der Waals surface area (Å²) in [6.45, 7) is 1.97. The zero-order valence-electron chi connectivity index (χ0n) is 10.00. The average molecular weight is 257 g/mol. The van der Waals surface area contributed by atoms with Crippen LogP contribution in [0.5, 0.6) is 0 Å². The summed E-state index contributed by atoms with van der Waals surface area (Å²) in [5.41, 5.74) is -0.136. The number of alkyl halides is 3. The van der Waals surface area contributed by atoms with E-state index in [4.69, 9.17) is 0 Å². The highest BCUT2D eigenvalue weighted by molar-refractivity contribution is 5.96. The fourth-order valence-electron chi connectivity index (χ4n) is 2.30. The van der Waals surface area contributed by atoms with Gasteiger partial charge in [-0.05, 0) is 37.1 Å². The van der Waals surface area contributed by atoms with Gasteiger partial charge in [0.15, 0.2) is 0 Å². The molecule has 98 valence electrons. The van der Waals surface area contributed by atoms with E-state index in [-0.39, 0.29) is 11.9 Å². The van der Waals surface area contributed by atoms with E-state index in [9.17, 15) is 18.0 Å². The van der Waals surface area contributed by atoms with E-state index in [2.05, 4.69) is 0 Å². The molecular formula is C13H14F3NO. The van der Waals surface area contributed by atoms with E-state index in [1.807, 2.05) is 6.92 Å². The monoisotopic (exact) mass is 257 g/mol. The van der Waals surface area contributed by atoms with E-state index in [0.29, 0.717) is 12.1 Å². The standard InChI is InChI=1S/C13H14F3NO/c1-2-10-7-8-12(18)17(10)11-5-3-9(4-6-11)13(14,15)16/h3-6,10H,2,7-8H2,1H3. The topological polar surface area (TPSA) is 20.3 Å². The van der Waals surface area contributed by atoms with Gasteiger partial charge in [0.2, 0.25) is 5.91 Å². The third kappa shape index (κ3) is 2.35. The number of carbonyl (C=O) groups is 1. The van der Waals surface area contributed by atoms with Gasteiger partial charge in [-0.1, -0.05) is 6.92 Å². The van der Waals surface area contributed by atoms with Gasteiger partial charge in [0.25, 0.3) is 0 Å². The molecule has 1 atom stereocenters. The molecule has 0 spiro atoms. The lowest BCUT2D eigenvalue weighted by molar-refractivity contribution is -0.137. The lowest BCUT2D eigenvalue weighted by atomic mass is 10.1. The van der Waals surface area contributed by atoms with Crippen LogP contribution < -0.4 is 4.90 Å². The maximum absolute atomic E-state index is 12.4. The van der Waals surface area contributed by atoms with Crippen LogP contribution in [0, 0.1) is 0 Å². The van der Waals surface area contributed by atoms with Gasteiger partial charge in [-0.2, -0.15) is 13.2 Å². The smallest absolute Gasteiger partial charge is 0.309 e. The first-order valence-corrected chi connectivity index (χ1v) is 5.93. The van der Waals surface area contributed by atoms with E-state index in [0.717, 1.165) is 25.0 Å². The molecule has 0 saturated carbocycles. The number of halogens is 3. The van der Waals surface area contributed by atoms with Crippen molar-refractivity contribution in [2.45, 2.75) is 38.4 Å². The molecule has 0 aliphatic carbocycles. The molecular weight excluding hydrogens is 243 g/mol. The van der Waals surface area contributed by atoms with E-state index in [1.165, 1.54) is 12.1 Å². The SMILES string of the molecule is CCC1CCC(=O)N1c1ccc(C(F)(F)F)cc1. The second-order valence-corrected chi connectivity index (χ2v) is 4.41. The zero-order valence-corrected chi connectivity index (χ0v) is 10.00. The van der Waals surface area contributed by atoms with Crippen LogP contribution in [0.3, 0.4) is 0 Å². The fourth-order valence-corrected chi connectivity index (χ4v) is 2.30. The van der Waals surface area contributed by atoms with Crippen molar-refractivity contribution in [3.8, 4) is 0 Å². The molecule has 0 bridgehead atoms. The molecule has 1 unspecified atom stereocenters. The number of hydrogen-bond donors (Lipinski definition) is 0. The maximum atomic E-state index is 12.4. The molecule has 1 amide bonds. The molecule has 18 heavy (non-hydrogen) atoms. The molecule has 0 radical (unpaired) electrons. The van der Waals surface area contributed by atoms with Crippen molar-refractivity contribution in [3.63, 3.8) is 0 Å². The molecule has 2 rings (SSSR count). The van der Waals surface area contributed by atoms with Crippen molar-refractivity contribution in [2.24, 2.45) is 0 Å². The Hall–Kier alpha value is -1.52. The van der Waals surface area contributed by atoms with Crippen molar-refractivity contribution in [1.29, 1.82) is 0 Å². The van der Waals surface area contributed by atoms with Gasteiger partial charge in [-0.3, -0.25) is 4.79 Å². The Balaban J connectivity index is 2.26. The average Bonchev–Trinajstić information content (AvgIpc) is 2.69. The number of anilines is 1. The lowest BCUT2D eigenvalue weighted by Crippen LogP contribution is -2.32. The van der Waals surface area contributed by atoms with Crippen LogP contribution in [0.25, 0.3) is 0 Å². The third-order valence-electron chi connectivity index (χ3n) is 3.27. The Bertz CT molecular complexity index is 439. The second-order valence-electron chi connectivity index (χ2n) is 4.41. The fraction of sp³-hybridized carbons (Fsp3) is 0.462. The number of nitrogens with zero attached hydrogens (tertiary/aromatic N) is 1. The zero-order chi connectivity index (χ0) is 13.3. The Morgan fingerprint density at radius 2 is 1.89 bits per heavy atom. The van der Waals surface area contributed by atoms with Crippen LogP contribution in [0.1, 0.15) is 31.7 Å². The third-order valence-corrected chi connectivity index (χ3v) is 3.27. The van der Waals surface area contributed by atoms with Crippen LogP contribution in [0.2, 0.25) is 0 Å². The van der Waals surface area contributed by atoms with Gasteiger partial charge in [0, 0.05) is 18.2 Å². The summed E-state index contributed by atoms with van der Waals surface area (Å²) < 4.78 is 37.3. The molecule has 0 N–H and O–H groups in total. The summed E-state index contributed by atoms with van der Waals surface area (Å²) in [5, 5.41) is 0. The minimum absolute atomic E-state index is 0.0124. The van der Waals surface area contributed by atoms with Crippen molar-refractivity contribution in [3.05, 3.63) is 29.8 Å². The van der Waals surface area contributed by atoms with Crippen LogP contribution in [-0.4, -0.2) is 11.9 Å². The number of carbonyl (C=O) groups excluding carboxylic acids is 1. The van der Waals surface area contributed by atoms with Crippen molar-refractivity contribution >= 4 is 11.6 Å². The van der Waals surface area contributed by atoms with E-state index in [1.54, 1.807) is 4.90 Å². The minimum atomic E-state index is -4.34. The molecule has 5 heteroatoms. The maximum Gasteiger partial charge on any atom is 0.416 e. The molecule has 1 heterocycles. The normalized spacial score (nSPS) is 20.6. The van der Waals surface area contributed by atoms with Gasteiger partial charge in [0.05, 0.1) is 5.56 Å². The van der Waals surface area contributed by atoms with Crippen molar-refractivity contribution in [2.75, 3.05) is 4.90 Å². The Kier molecular flexibility index (Phi) is 3.32. The predicted molar refractivity (Wildman–Crippen MR) is 62.2 cm³/mol. The predicted octanol–water partition coefficient (Wildman–Crippen LogP) is 3.61. The van der Waals surface area contributed by atoms with Gasteiger partial charge in [-0.25, -0.2) is 0 Å². The largest absolute Gasteiger partial charge is 0.416 e. The van der Waals surface area contributed by atoms with Crippen LogP contribution >= 0.6 is 0 Å². The summed E-state index contributed by atoms with van der Waals surface area (Å²) in [6.07, 6.45) is -2.28.